The second kappa shape index (κ2) is 8.39. The van der Waals surface area contributed by atoms with Gasteiger partial charge in [-0.15, -0.1) is 15.3 Å². The van der Waals surface area contributed by atoms with Gasteiger partial charge < -0.3 is 4.42 Å². The van der Waals surface area contributed by atoms with Gasteiger partial charge in [0.2, 0.25) is 5.89 Å². The van der Waals surface area contributed by atoms with E-state index < -0.39 is 18.2 Å². The summed E-state index contributed by atoms with van der Waals surface area (Å²) in [5.74, 6) is -3.27. The zero-order chi connectivity index (χ0) is 23.0. The smallest absolute Gasteiger partial charge is 0.314 e. The van der Waals surface area contributed by atoms with Crippen LogP contribution in [0.3, 0.4) is 0 Å². The van der Waals surface area contributed by atoms with E-state index in [9.17, 15) is 17.6 Å². The third-order valence-electron chi connectivity index (χ3n) is 5.25. The maximum absolute atomic E-state index is 13.1. The van der Waals surface area contributed by atoms with Gasteiger partial charge in [-0.25, -0.2) is 13.5 Å². The summed E-state index contributed by atoms with van der Waals surface area (Å²) in [5, 5.41) is 15.3. The maximum Gasteiger partial charge on any atom is 0.314 e. The van der Waals surface area contributed by atoms with Gasteiger partial charge in [0.15, 0.2) is 0 Å². The van der Waals surface area contributed by atoms with Gasteiger partial charge in [-0.1, -0.05) is 35.5 Å². The van der Waals surface area contributed by atoms with Crippen LogP contribution >= 0.6 is 0 Å². The van der Waals surface area contributed by atoms with Crippen LogP contribution in [0.25, 0.3) is 22.7 Å². The Morgan fingerprint density at radius 1 is 0.909 bits per heavy atom. The van der Waals surface area contributed by atoms with E-state index in [0.717, 1.165) is 16.7 Å². The van der Waals surface area contributed by atoms with Gasteiger partial charge >= 0.3 is 6.43 Å². The van der Waals surface area contributed by atoms with Crippen LogP contribution in [0.15, 0.2) is 59.1 Å². The minimum Gasteiger partial charge on any atom is -0.415 e. The molecule has 0 radical (unpaired) electrons. The zero-order valence-corrected chi connectivity index (χ0v) is 17.2. The van der Waals surface area contributed by atoms with Crippen molar-refractivity contribution >= 4 is 0 Å². The Hall–Kier alpha value is -3.60. The predicted molar refractivity (Wildman–Crippen MR) is 109 cm³/mol. The Labute approximate surface area is 185 Å². The van der Waals surface area contributed by atoms with Crippen molar-refractivity contribution in [1.29, 1.82) is 0 Å². The molecule has 5 rings (SSSR count). The third-order valence-corrected chi connectivity index (χ3v) is 5.25. The summed E-state index contributed by atoms with van der Waals surface area (Å²) in [4.78, 5) is 1.70. The summed E-state index contributed by atoms with van der Waals surface area (Å²) in [6.45, 7) is 0.475. The molecule has 3 heterocycles. The molecule has 1 saturated heterocycles. The second-order valence-electron chi connectivity index (χ2n) is 7.95. The minimum absolute atomic E-state index is 0.0294. The molecule has 1 fully saturated rings. The van der Waals surface area contributed by atoms with Crippen molar-refractivity contribution in [2.24, 2.45) is 0 Å². The monoisotopic (exact) mass is 458 g/mol. The van der Waals surface area contributed by atoms with Gasteiger partial charge in [0.05, 0.1) is 25.8 Å². The Morgan fingerprint density at radius 2 is 1.70 bits per heavy atom. The lowest BCUT2D eigenvalue weighted by Crippen LogP contribution is -2.55. The first-order valence-electron chi connectivity index (χ1n) is 10.2. The van der Waals surface area contributed by atoms with Gasteiger partial charge in [-0.3, -0.25) is 4.90 Å². The van der Waals surface area contributed by atoms with Crippen LogP contribution in [0.1, 0.15) is 23.4 Å². The minimum atomic E-state index is -2.81. The van der Waals surface area contributed by atoms with Crippen LogP contribution in [-0.4, -0.2) is 49.1 Å². The van der Waals surface area contributed by atoms with Crippen molar-refractivity contribution in [2.75, 3.05) is 13.1 Å². The molecule has 4 aromatic rings. The third kappa shape index (κ3) is 4.77. The maximum atomic E-state index is 13.1. The summed E-state index contributed by atoms with van der Waals surface area (Å²) < 4.78 is 58.0. The number of benzene rings is 2. The van der Waals surface area contributed by atoms with Crippen molar-refractivity contribution < 1.29 is 22.0 Å². The van der Waals surface area contributed by atoms with E-state index in [0.29, 0.717) is 24.3 Å². The van der Waals surface area contributed by atoms with Crippen LogP contribution < -0.4 is 0 Å². The quantitative estimate of drug-likeness (QED) is 0.382. The fourth-order valence-electron chi connectivity index (χ4n) is 3.69. The highest BCUT2D eigenvalue weighted by Crippen LogP contribution is 2.29. The average Bonchev–Trinajstić information content (AvgIpc) is 3.43. The molecule has 0 atom stereocenters. The molecule has 170 valence electrons. The van der Waals surface area contributed by atoms with Crippen LogP contribution in [0.2, 0.25) is 0 Å². The summed E-state index contributed by atoms with van der Waals surface area (Å²) in [7, 11) is 0. The Kier molecular flexibility index (Phi) is 5.41. The van der Waals surface area contributed by atoms with E-state index in [-0.39, 0.29) is 19.0 Å². The van der Waals surface area contributed by atoms with Crippen molar-refractivity contribution in [3.8, 4) is 22.7 Å². The van der Waals surface area contributed by atoms with E-state index in [1.807, 2.05) is 36.4 Å². The molecule has 1 aliphatic heterocycles. The molecule has 11 heteroatoms. The average molecular weight is 458 g/mol. The van der Waals surface area contributed by atoms with Gasteiger partial charge in [-0.2, -0.15) is 8.78 Å². The molecule has 0 bridgehead atoms. The number of likely N-dealkylation sites (tertiary alicyclic amines) is 1. The topological polar surface area (TPSA) is 72.9 Å². The van der Waals surface area contributed by atoms with Crippen molar-refractivity contribution in [3.63, 3.8) is 0 Å². The molecule has 0 spiro atoms. The molecule has 0 N–H and O–H groups in total. The van der Waals surface area contributed by atoms with Crippen LogP contribution in [0.5, 0.6) is 0 Å². The fourth-order valence-corrected chi connectivity index (χ4v) is 3.69. The van der Waals surface area contributed by atoms with Crippen molar-refractivity contribution in [2.45, 2.75) is 25.4 Å². The number of hydrogen-bond donors (Lipinski definition) is 0. The first-order chi connectivity index (χ1) is 15.8. The molecule has 2 aromatic carbocycles. The lowest BCUT2D eigenvalue weighted by atomic mass is 10.1. The Morgan fingerprint density at radius 3 is 2.39 bits per heavy atom. The summed E-state index contributed by atoms with van der Waals surface area (Å²) in [6.07, 6.45) is -1.01. The lowest BCUT2D eigenvalue weighted by molar-refractivity contribution is -0.133. The summed E-state index contributed by atoms with van der Waals surface area (Å²) >= 11 is 0. The highest BCUT2D eigenvalue weighted by molar-refractivity contribution is 5.58. The zero-order valence-electron chi connectivity index (χ0n) is 17.2. The number of alkyl halides is 4. The highest BCUT2D eigenvalue weighted by Gasteiger charge is 2.43. The first kappa shape index (κ1) is 21.3. The number of halogens is 4. The van der Waals surface area contributed by atoms with E-state index in [1.54, 1.807) is 27.9 Å². The van der Waals surface area contributed by atoms with Crippen molar-refractivity contribution in [3.05, 3.63) is 71.7 Å². The second-order valence-corrected chi connectivity index (χ2v) is 7.95. The molecule has 0 aliphatic carbocycles. The van der Waals surface area contributed by atoms with Gasteiger partial charge in [-0.05, 0) is 29.3 Å². The standard InChI is InChI=1S/C22H18F4N6O/c23-19(24)21-29-28-20(33-21)16-6-4-14(5-7-16)10-32-11-18(27-30-32)17-3-1-2-15(8-17)9-31-12-22(25,26)13-31/h1-8,11,19H,9-10,12-13H2. The summed E-state index contributed by atoms with van der Waals surface area (Å²) in [6, 6.07) is 14.6. The van der Waals surface area contributed by atoms with E-state index in [2.05, 4.69) is 20.5 Å². The Balaban J connectivity index is 1.24. The largest absolute Gasteiger partial charge is 0.415 e. The lowest BCUT2D eigenvalue weighted by Gasteiger charge is -2.38. The predicted octanol–water partition coefficient (Wildman–Crippen LogP) is 4.43. The molecule has 2 aromatic heterocycles. The number of hydrogen-bond acceptors (Lipinski definition) is 6. The van der Waals surface area contributed by atoms with Crippen molar-refractivity contribution in [1.82, 2.24) is 30.1 Å². The Bertz CT molecular complexity index is 1250. The molecule has 0 unspecified atom stereocenters. The van der Waals surface area contributed by atoms with Crippen LogP contribution in [-0.2, 0) is 13.1 Å². The molecule has 0 saturated carbocycles. The van der Waals surface area contributed by atoms with Crippen LogP contribution in [0, 0.1) is 0 Å². The molecular formula is C22H18F4N6O. The molecule has 1 aliphatic rings. The van der Waals surface area contributed by atoms with Gasteiger partial charge in [0.1, 0.15) is 5.69 Å². The van der Waals surface area contributed by atoms with E-state index in [1.165, 1.54) is 0 Å². The molecule has 7 nitrogen and oxygen atoms in total. The van der Waals surface area contributed by atoms with Crippen LogP contribution in [0.4, 0.5) is 17.6 Å². The molecular weight excluding hydrogens is 440 g/mol. The SMILES string of the molecule is FC(F)c1nnc(-c2ccc(Cn3cc(-c4cccc(CN5CC(F)(F)C5)c4)nn3)cc2)o1. The van der Waals surface area contributed by atoms with E-state index in [4.69, 9.17) is 4.42 Å². The van der Waals surface area contributed by atoms with Gasteiger partial charge in [0, 0.05) is 17.7 Å². The summed E-state index contributed by atoms with van der Waals surface area (Å²) in [5.41, 5.74) is 3.91. The molecule has 0 amide bonds. The fraction of sp³-hybridized carbons (Fsp3) is 0.273. The van der Waals surface area contributed by atoms with E-state index >= 15 is 0 Å². The molecule has 33 heavy (non-hydrogen) atoms. The highest BCUT2D eigenvalue weighted by atomic mass is 19.3. The normalized spacial score (nSPS) is 15.7. The number of nitrogens with zero attached hydrogens (tertiary/aromatic N) is 6. The first-order valence-corrected chi connectivity index (χ1v) is 10.2. The number of rotatable bonds is 7. The number of aromatic nitrogens is 5. The van der Waals surface area contributed by atoms with Gasteiger partial charge in [0.25, 0.3) is 11.8 Å².